The Hall–Kier alpha value is -4.49. The van der Waals surface area contributed by atoms with Gasteiger partial charge in [0, 0.05) is 17.8 Å². The van der Waals surface area contributed by atoms with Gasteiger partial charge in [-0.15, -0.1) is 0 Å². The summed E-state index contributed by atoms with van der Waals surface area (Å²) in [6, 6.07) is 13.0. The Balaban J connectivity index is 1.53. The Labute approximate surface area is 247 Å². The van der Waals surface area contributed by atoms with Crippen molar-refractivity contribution in [2.45, 2.75) is 31.3 Å². The molecule has 0 bridgehead atoms. The molecule has 0 unspecified atom stereocenters. The SMILES string of the molecule is COc1ccc(Cl)cc1C(=O)NCCc1ccc(S(=O)(=O)NC(=O)c2ccc(C(=O)NCC(=O)OC(C)C)nc2)cc1. The van der Waals surface area contributed by atoms with Gasteiger partial charge < -0.3 is 20.1 Å². The monoisotopic (exact) mass is 616 g/mol. The van der Waals surface area contributed by atoms with Crippen molar-refractivity contribution in [1.82, 2.24) is 20.3 Å². The number of aromatic nitrogens is 1. The molecule has 0 fully saturated rings. The van der Waals surface area contributed by atoms with Crippen molar-refractivity contribution in [2.75, 3.05) is 20.2 Å². The van der Waals surface area contributed by atoms with Gasteiger partial charge in [-0.1, -0.05) is 23.7 Å². The number of pyridine rings is 1. The standard InChI is InChI=1S/C28H29ClN4O8S/c1-17(2)41-25(34)16-32-28(37)23-10-6-19(15-31-23)26(35)33-42(38,39)21-8-4-18(5-9-21)12-13-30-27(36)22-14-20(29)7-11-24(22)40-3/h4-11,14-15,17H,12-13,16H2,1-3H3,(H,30,36)(H,32,37)(H,33,35). The first kappa shape index (κ1) is 32.0. The average Bonchev–Trinajstić information content (AvgIpc) is 2.95. The zero-order chi connectivity index (χ0) is 30.9. The van der Waals surface area contributed by atoms with Crippen LogP contribution < -0.4 is 20.1 Å². The molecule has 3 N–H and O–H groups in total. The van der Waals surface area contributed by atoms with Gasteiger partial charge in [0.05, 0.1) is 29.2 Å². The number of hydrogen-bond acceptors (Lipinski definition) is 9. The first-order valence-electron chi connectivity index (χ1n) is 12.6. The number of amides is 3. The minimum absolute atomic E-state index is 0.0785. The fourth-order valence-corrected chi connectivity index (χ4v) is 4.70. The molecule has 0 aliphatic rings. The van der Waals surface area contributed by atoms with Gasteiger partial charge in [-0.3, -0.25) is 24.2 Å². The predicted octanol–water partition coefficient (Wildman–Crippen LogP) is 2.52. The zero-order valence-electron chi connectivity index (χ0n) is 23.0. The highest BCUT2D eigenvalue weighted by molar-refractivity contribution is 7.90. The Kier molecular flexibility index (Phi) is 11.0. The highest BCUT2D eigenvalue weighted by Crippen LogP contribution is 2.22. The topological polar surface area (TPSA) is 170 Å². The van der Waals surface area contributed by atoms with E-state index in [-0.39, 0.29) is 41.3 Å². The Morgan fingerprint density at radius 1 is 0.929 bits per heavy atom. The maximum absolute atomic E-state index is 12.7. The van der Waals surface area contributed by atoms with Gasteiger partial charge in [-0.25, -0.2) is 13.1 Å². The van der Waals surface area contributed by atoms with Crippen molar-refractivity contribution in [2.24, 2.45) is 0 Å². The number of halogens is 1. The number of nitrogens with one attached hydrogen (secondary N) is 3. The fraction of sp³-hybridized carbons (Fsp3) is 0.250. The number of ether oxygens (including phenoxy) is 2. The van der Waals surface area contributed by atoms with Crippen molar-refractivity contribution >= 4 is 45.3 Å². The number of benzene rings is 2. The van der Waals surface area contributed by atoms with E-state index in [9.17, 15) is 27.6 Å². The van der Waals surface area contributed by atoms with E-state index in [1.165, 1.54) is 37.4 Å². The molecule has 3 rings (SSSR count). The largest absolute Gasteiger partial charge is 0.496 e. The van der Waals surface area contributed by atoms with Gasteiger partial charge >= 0.3 is 5.97 Å². The van der Waals surface area contributed by atoms with Crippen LogP contribution in [0.4, 0.5) is 0 Å². The summed E-state index contributed by atoms with van der Waals surface area (Å²) in [4.78, 5) is 52.5. The Morgan fingerprint density at radius 2 is 1.64 bits per heavy atom. The third kappa shape index (κ3) is 9.01. The summed E-state index contributed by atoms with van der Waals surface area (Å²) >= 11 is 5.97. The first-order valence-corrected chi connectivity index (χ1v) is 14.5. The number of hydrogen-bond donors (Lipinski definition) is 3. The van der Waals surface area contributed by atoms with Crippen LogP contribution in [0.5, 0.6) is 5.75 Å². The highest BCUT2D eigenvalue weighted by atomic mass is 35.5. The first-order chi connectivity index (χ1) is 19.9. The summed E-state index contributed by atoms with van der Waals surface area (Å²) in [5.41, 5.74) is 0.858. The maximum Gasteiger partial charge on any atom is 0.325 e. The van der Waals surface area contributed by atoms with E-state index in [1.807, 2.05) is 4.72 Å². The molecule has 2 aromatic carbocycles. The molecule has 1 heterocycles. The molecule has 0 saturated carbocycles. The molecule has 1 aromatic heterocycles. The number of rotatable bonds is 12. The van der Waals surface area contributed by atoms with E-state index in [1.54, 1.807) is 38.1 Å². The van der Waals surface area contributed by atoms with Crippen molar-refractivity contribution < 1.29 is 37.1 Å². The van der Waals surface area contributed by atoms with Gasteiger partial charge in [-0.2, -0.15) is 0 Å². The maximum atomic E-state index is 12.7. The lowest BCUT2D eigenvalue weighted by molar-refractivity contribution is -0.146. The van der Waals surface area contributed by atoms with Gasteiger partial charge in [0.1, 0.15) is 18.0 Å². The second kappa shape index (κ2) is 14.4. The molecule has 0 aliphatic carbocycles. The smallest absolute Gasteiger partial charge is 0.325 e. The third-order valence-electron chi connectivity index (χ3n) is 5.58. The van der Waals surface area contributed by atoms with Crippen LogP contribution in [0.1, 0.15) is 50.6 Å². The molecule has 0 saturated heterocycles. The number of nitrogens with zero attached hydrogens (tertiary/aromatic N) is 1. The van der Waals surface area contributed by atoms with E-state index < -0.39 is 27.8 Å². The summed E-state index contributed by atoms with van der Waals surface area (Å²) in [7, 11) is -2.77. The zero-order valence-corrected chi connectivity index (χ0v) is 24.5. The lowest BCUT2D eigenvalue weighted by Gasteiger charge is -2.10. The molecule has 14 heteroatoms. The third-order valence-corrected chi connectivity index (χ3v) is 7.17. The molecule has 42 heavy (non-hydrogen) atoms. The number of carbonyl (C=O) groups is 4. The summed E-state index contributed by atoms with van der Waals surface area (Å²) in [6.45, 7) is 3.26. The summed E-state index contributed by atoms with van der Waals surface area (Å²) in [5, 5.41) is 5.50. The van der Waals surface area contributed by atoms with Crippen molar-refractivity contribution in [1.29, 1.82) is 0 Å². The van der Waals surface area contributed by atoms with E-state index in [2.05, 4.69) is 15.6 Å². The van der Waals surface area contributed by atoms with Crippen LogP contribution in [0.2, 0.25) is 5.02 Å². The van der Waals surface area contributed by atoms with Crippen LogP contribution >= 0.6 is 11.6 Å². The second-order valence-electron chi connectivity index (χ2n) is 9.08. The number of carbonyl (C=O) groups excluding carboxylic acids is 4. The van der Waals surface area contributed by atoms with Crippen LogP contribution in [-0.4, -0.2) is 63.4 Å². The van der Waals surface area contributed by atoms with E-state index in [0.29, 0.717) is 22.8 Å². The van der Waals surface area contributed by atoms with Gasteiger partial charge in [0.15, 0.2) is 0 Å². The lowest BCUT2D eigenvalue weighted by Crippen LogP contribution is -2.32. The van der Waals surface area contributed by atoms with Crippen LogP contribution in [0.3, 0.4) is 0 Å². The average molecular weight is 617 g/mol. The minimum Gasteiger partial charge on any atom is -0.496 e. The second-order valence-corrected chi connectivity index (χ2v) is 11.2. The molecule has 0 aliphatic heterocycles. The van der Waals surface area contributed by atoms with Crippen LogP contribution in [0, 0.1) is 0 Å². The van der Waals surface area contributed by atoms with E-state index in [4.69, 9.17) is 21.1 Å². The quantitative estimate of drug-likeness (QED) is 0.259. The predicted molar refractivity (Wildman–Crippen MR) is 153 cm³/mol. The van der Waals surface area contributed by atoms with Crippen molar-refractivity contribution in [3.63, 3.8) is 0 Å². The van der Waals surface area contributed by atoms with Gasteiger partial charge in [0.2, 0.25) is 0 Å². The Bertz CT molecular complexity index is 1560. The number of methoxy groups -OCH3 is 1. The van der Waals surface area contributed by atoms with Gasteiger partial charge in [0.25, 0.3) is 27.7 Å². The van der Waals surface area contributed by atoms with Gasteiger partial charge in [-0.05, 0) is 68.3 Å². The Morgan fingerprint density at radius 3 is 2.26 bits per heavy atom. The number of esters is 1. The van der Waals surface area contributed by atoms with Crippen molar-refractivity contribution in [3.8, 4) is 5.75 Å². The molecule has 0 spiro atoms. The number of sulfonamides is 1. The molecule has 3 aromatic rings. The molecule has 3 amide bonds. The van der Waals surface area contributed by atoms with E-state index in [0.717, 1.165) is 11.8 Å². The summed E-state index contributed by atoms with van der Waals surface area (Å²) < 4.78 is 37.5. The lowest BCUT2D eigenvalue weighted by atomic mass is 10.1. The summed E-state index contributed by atoms with van der Waals surface area (Å²) in [6.07, 6.45) is 1.12. The highest BCUT2D eigenvalue weighted by Gasteiger charge is 2.20. The van der Waals surface area contributed by atoms with Crippen LogP contribution in [0.15, 0.2) is 65.7 Å². The van der Waals surface area contributed by atoms with E-state index >= 15 is 0 Å². The minimum atomic E-state index is -4.21. The molecule has 0 atom stereocenters. The normalized spacial score (nSPS) is 11.0. The molecule has 222 valence electrons. The molecular formula is C28H29ClN4O8S. The molecule has 0 radical (unpaired) electrons. The van der Waals surface area contributed by atoms with Crippen LogP contribution in [-0.2, 0) is 26.0 Å². The fourth-order valence-electron chi connectivity index (χ4n) is 3.56. The molecular weight excluding hydrogens is 588 g/mol. The van der Waals surface area contributed by atoms with Crippen LogP contribution in [0.25, 0.3) is 0 Å². The van der Waals surface area contributed by atoms with Crippen molar-refractivity contribution in [3.05, 3.63) is 88.2 Å². The molecule has 12 nitrogen and oxygen atoms in total. The summed E-state index contributed by atoms with van der Waals surface area (Å²) in [5.74, 6) is -2.22.